The van der Waals surface area contributed by atoms with Gasteiger partial charge in [-0.15, -0.1) is 0 Å². The lowest BCUT2D eigenvalue weighted by molar-refractivity contribution is -0.119. The molecule has 2 rings (SSSR count). The molecule has 0 saturated carbocycles. The van der Waals surface area contributed by atoms with Crippen molar-refractivity contribution in [3.8, 4) is 0 Å². The Balaban J connectivity index is 2.13. The van der Waals surface area contributed by atoms with Crippen molar-refractivity contribution in [1.82, 2.24) is 10.3 Å². The van der Waals surface area contributed by atoms with Gasteiger partial charge in [-0.1, -0.05) is 0 Å². The highest BCUT2D eigenvalue weighted by molar-refractivity contribution is 5.80. The third-order valence-corrected chi connectivity index (χ3v) is 1.23. The maximum atomic E-state index is 10.6. The van der Waals surface area contributed by atoms with E-state index < -0.39 is 0 Å². The molecular weight excluding hydrogens is 148 g/mol. The number of nitrogens with one attached hydrogen (secondary N) is 1. The second kappa shape index (κ2) is 2.35. The minimum absolute atomic E-state index is 0.0394. The lowest BCUT2D eigenvalue weighted by Gasteiger charge is -1.99. The van der Waals surface area contributed by atoms with E-state index in [-0.39, 0.29) is 12.5 Å². The summed E-state index contributed by atoms with van der Waals surface area (Å²) >= 11 is 0. The van der Waals surface area contributed by atoms with Crippen molar-refractivity contribution in [3.63, 3.8) is 0 Å². The maximum absolute atomic E-state index is 10.6. The fourth-order valence-corrected chi connectivity index (χ4v) is 0.787. The maximum Gasteiger partial charge on any atom is 0.278 e. The summed E-state index contributed by atoms with van der Waals surface area (Å²) in [7, 11) is 0. The molecule has 0 bridgehead atoms. The molecule has 0 aliphatic carbocycles. The zero-order valence-corrected chi connectivity index (χ0v) is 5.53. The third kappa shape index (κ3) is 1.10. The standard InChI is InChI=1S/C6H5N2O3/c9-4-3-11-6(8-4)5-7-1-2-10-5/h1-2H,3H2,(H,8,9). The quantitative estimate of drug-likeness (QED) is 0.599. The number of carbonyl (C=O) groups excluding carboxylic acids is 1. The number of hydrogen-bond donors (Lipinski definition) is 1. The smallest absolute Gasteiger partial charge is 0.278 e. The van der Waals surface area contributed by atoms with Crippen molar-refractivity contribution in [1.29, 1.82) is 0 Å². The Morgan fingerprint density at radius 1 is 1.64 bits per heavy atom. The van der Waals surface area contributed by atoms with E-state index in [0.29, 0.717) is 12.1 Å². The molecule has 1 aromatic heterocycles. The first-order valence-electron chi connectivity index (χ1n) is 3.06. The number of hydrogen-bond acceptors (Lipinski definition) is 4. The fraction of sp³-hybridized carbons (Fsp3) is 0.167. The largest absolute Gasteiger partial charge is 0.444 e. The Bertz CT molecular complexity index is 257. The van der Waals surface area contributed by atoms with E-state index in [2.05, 4.69) is 10.3 Å². The number of oxazole rings is 1. The molecule has 1 aliphatic rings. The summed E-state index contributed by atoms with van der Waals surface area (Å²) in [5, 5.41) is 2.46. The highest BCUT2D eigenvalue weighted by Crippen LogP contribution is 2.14. The van der Waals surface area contributed by atoms with Gasteiger partial charge in [0, 0.05) is 0 Å². The molecule has 0 unspecified atom stereocenters. The molecule has 1 N–H and O–H groups in total. The van der Waals surface area contributed by atoms with Crippen LogP contribution in [0.3, 0.4) is 0 Å². The van der Waals surface area contributed by atoms with Crippen LogP contribution in [0.1, 0.15) is 5.89 Å². The summed E-state index contributed by atoms with van der Waals surface area (Å²) in [6.07, 6.45) is 3.19. The van der Waals surface area contributed by atoms with Crippen LogP contribution in [-0.2, 0) is 9.53 Å². The molecule has 11 heavy (non-hydrogen) atoms. The van der Waals surface area contributed by atoms with Crippen molar-refractivity contribution < 1.29 is 13.9 Å². The minimum Gasteiger partial charge on any atom is -0.444 e. The Kier molecular flexibility index (Phi) is 1.36. The molecule has 1 aromatic rings. The number of aromatic nitrogens is 1. The van der Waals surface area contributed by atoms with Gasteiger partial charge < -0.3 is 14.5 Å². The van der Waals surface area contributed by atoms with E-state index in [9.17, 15) is 4.79 Å². The second-order valence-electron chi connectivity index (χ2n) is 2.00. The summed E-state index contributed by atoms with van der Waals surface area (Å²) < 4.78 is 9.79. The molecular formula is C6H5N2O3. The van der Waals surface area contributed by atoms with Crippen LogP contribution in [0, 0.1) is 6.23 Å². The molecule has 57 valence electrons. The van der Waals surface area contributed by atoms with Gasteiger partial charge >= 0.3 is 0 Å². The number of rotatable bonds is 1. The van der Waals surface area contributed by atoms with Crippen LogP contribution < -0.4 is 5.32 Å². The van der Waals surface area contributed by atoms with Crippen LogP contribution in [0.2, 0.25) is 0 Å². The average Bonchev–Trinajstić information content (AvgIpc) is 2.55. The second-order valence-corrected chi connectivity index (χ2v) is 2.00. The first kappa shape index (κ1) is 6.36. The van der Waals surface area contributed by atoms with Gasteiger partial charge in [0.2, 0.25) is 5.91 Å². The van der Waals surface area contributed by atoms with E-state index >= 15 is 0 Å². The number of carbonyl (C=O) groups is 1. The number of amides is 1. The predicted molar refractivity (Wildman–Crippen MR) is 32.9 cm³/mol. The number of ether oxygens (including phenoxy) is 1. The molecule has 1 aliphatic heterocycles. The first-order chi connectivity index (χ1) is 5.36. The Hall–Kier alpha value is -1.36. The fourth-order valence-electron chi connectivity index (χ4n) is 0.787. The molecule has 0 aromatic carbocycles. The predicted octanol–water partition coefficient (Wildman–Crippen LogP) is -0.341. The van der Waals surface area contributed by atoms with Crippen molar-refractivity contribution in [3.05, 3.63) is 24.6 Å². The molecule has 1 radical (unpaired) electrons. The molecule has 5 nitrogen and oxygen atoms in total. The normalized spacial score (nSPS) is 18.7. The van der Waals surface area contributed by atoms with Gasteiger partial charge in [0.1, 0.15) is 12.9 Å². The minimum atomic E-state index is -0.182. The Labute approximate surface area is 62.4 Å². The number of nitrogens with zero attached hydrogens (tertiary/aromatic N) is 1. The molecule has 0 spiro atoms. The summed E-state index contributed by atoms with van der Waals surface area (Å²) in [4.78, 5) is 14.4. The van der Waals surface area contributed by atoms with E-state index in [4.69, 9.17) is 9.15 Å². The van der Waals surface area contributed by atoms with Crippen LogP contribution in [0.4, 0.5) is 0 Å². The Morgan fingerprint density at radius 3 is 3.09 bits per heavy atom. The third-order valence-electron chi connectivity index (χ3n) is 1.23. The molecule has 0 atom stereocenters. The lowest BCUT2D eigenvalue weighted by Crippen LogP contribution is -2.20. The van der Waals surface area contributed by atoms with Crippen molar-refractivity contribution in [2.24, 2.45) is 0 Å². The van der Waals surface area contributed by atoms with Crippen LogP contribution in [0.25, 0.3) is 0 Å². The van der Waals surface area contributed by atoms with Gasteiger partial charge in [-0.05, 0) is 0 Å². The van der Waals surface area contributed by atoms with E-state index in [0.717, 1.165) is 0 Å². The highest BCUT2D eigenvalue weighted by atomic mass is 16.5. The van der Waals surface area contributed by atoms with Gasteiger partial charge in [-0.3, -0.25) is 4.79 Å². The zero-order chi connectivity index (χ0) is 7.68. The van der Waals surface area contributed by atoms with E-state index in [1.54, 1.807) is 0 Å². The van der Waals surface area contributed by atoms with Crippen LogP contribution >= 0.6 is 0 Å². The van der Waals surface area contributed by atoms with Crippen LogP contribution in [0.5, 0.6) is 0 Å². The zero-order valence-electron chi connectivity index (χ0n) is 5.53. The van der Waals surface area contributed by atoms with Crippen LogP contribution in [0.15, 0.2) is 16.9 Å². The van der Waals surface area contributed by atoms with Gasteiger partial charge in [-0.2, -0.15) is 0 Å². The van der Waals surface area contributed by atoms with E-state index in [1.807, 2.05) is 0 Å². The Morgan fingerprint density at radius 2 is 2.55 bits per heavy atom. The highest BCUT2D eigenvalue weighted by Gasteiger charge is 2.28. The van der Waals surface area contributed by atoms with Gasteiger partial charge in [0.25, 0.3) is 12.1 Å². The van der Waals surface area contributed by atoms with Crippen LogP contribution in [-0.4, -0.2) is 17.5 Å². The molecule has 1 saturated heterocycles. The molecule has 1 amide bonds. The van der Waals surface area contributed by atoms with Crippen molar-refractivity contribution in [2.45, 2.75) is 0 Å². The average molecular weight is 153 g/mol. The summed E-state index contributed by atoms with van der Waals surface area (Å²) in [6, 6.07) is 0. The van der Waals surface area contributed by atoms with Crippen molar-refractivity contribution >= 4 is 5.91 Å². The molecule has 5 heteroatoms. The summed E-state index contributed by atoms with van der Waals surface area (Å²) in [5.74, 6) is 0.119. The topological polar surface area (TPSA) is 64.4 Å². The van der Waals surface area contributed by atoms with E-state index in [1.165, 1.54) is 12.5 Å². The molecule has 2 heterocycles. The van der Waals surface area contributed by atoms with Gasteiger partial charge in [0.05, 0.1) is 6.20 Å². The van der Waals surface area contributed by atoms with Gasteiger partial charge in [-0.25, -0.2) is 4.98 Å². The SMILES string of the molecule is O=C1CO[C](c2ncco2)N1. The lowest BCUT2D eigenvalue weighted by atomic mass is 10.5. The summed E-state index contributed by atoms with van der Waals surface area (Å²) in [5.41, 5.74) is 0. The monoisotopic (exact) mass is 153 g/mol. The first-order valence-corrected chi connectivity index (χ1v) is 3.06. The van der Waals surface area contributed by atoms with Gasteiger partial charge in [0.15, 0.2) is 0 Å². The van der Waals surface area contributed by atoms with Crippen molar-refractivity contribution in [2.75, 3.05) is 6.61 Å². The summed E-state index contributed by atoms with van der Waals surface area (Å²) in [6.45, 7) is 0.0394. The molecule has 1 fully saturated rings.